The number of carboxylic acid groups (broad SMARTS) is 2. The molecular weight excluding hydrogens is 332 g/mol. The first-order valence-corrected chi connectivity index (χ1v) is 7.02. The molecule has 0 aliphatic carbocycles. The molecule has 1 unspecified atom stereocenters. The van der Waals surface area contributed by atoms with Crippen LogP contribution in [-0.4, -0.2) is 43.9 Å². The van der Waals surface area contributed by atoms with Crippen molar-refractivity contribution in [3.05, 3.63) is 46.3 Å². The fourth-order valence-electron chi connectivity index (χ4n) is 2.91. The lowest BCUT2D eigenvalue weighted by molar-refractivity contribution is -0.133. The Hall–Kier alpha value is -3.69. The molecule has 0 saturated carbocycles. The van der Waals surface area contributed by atoms with E-state index >= 15 is 0 Å². The van der Waals surface area contributed by atoms with Crippen molar-refractivity contribution < 1.29 is 29.6 Å². The van der Waals surface area contributed by atoms with E-state index in [9.17, 15) is 19.8 Å². The lowest BCUT2D eigenvalue weighted by atomic mass is 9.80. The first kappa shape index (κ1) is 16.2. The summed E-state index contributed by atoms with van der Waals surface area (Å²) in [7, 11) is 0. The standard InChI is InChI=1S/C15H12N4O6/c1-6-10(14(20)21)11(12(15(22)23)9(17-6)5-16-24)7-3-2-4-8-13(7)19-25-18-8/h2-5,11,17,24H,1H3,(H,20,21)(H,22,23). The van der Waals surface area contributed by atoms with Crippen molar-refractivity contribution in [1.29, 1.82) is 0 Å². The topological polar surface area (TPSA) is 158 Å². The Morgan fingerprint density at radius 1 is 1.24 bits per heavy atom. The number of hydrogen-bond acceptors (Lipinski definition) is 8. The van der Waals surface area contributed by atoms with Crippen LogP contribution in [0.4, 0.5) is 0 Å². The maximum Gasteiger partial charge on any atom is 0.334 e. The lowest BCUT2D eigenvalue weighted by Crippen LogP contribution is -2.32. The zero-order chi connectivity index (χ0) is 18.1. The number of nitrogens with one attached hydrogen (secondary N) is 1. The molecule has 0 amide bonds. The van der Waals surface area contributed by atoms with Gasteiger partial charge in [0, 0.05) is 5.70 Å². The highest BCUT2D eigenvalue weighted by Gasteiger charge is 2.38. The van der Waals surface area contributed by atoms with Crippen LogP contribution in [0.2, 0.25) is 0 Å². The monoisotopic (exact) mass is 344 g/mol. The summed E-state index contributed by atoms with van der Waals surface area (Å²) in [4.78, 5) is 23.7. The van der Waals surface area contributed by atoms with Crippen LogP contribution >= 0.6 is 0 Å². The molecule has 0 saturated heterocycles. The van der Waals surface area contributed by atoms with Gasteiger partial charge in [-0.25, -0.2) is 14.2 Å². The zero-order valence-electron chi connectivity index (χ0n) is 12.8. The fraction of sp³-hybridized carbons (Fsp3) is 0.133. The summed E-state index contributed by atoms with van der Waals surface area (Å²) in [6, 6.07) is 4.75. The normalized spacial score (nSPS) is 18.0. The molecule has 10 nitrogen and oxygen atoms in total. The molecule has 0 bridgehead atoms. The number of fused-ring (bicyclic) bond motifs is 1. The van der Waals surface area contributed by atoms with Gasteiger partial charge in [-0.05, 0) is 28.9 Å². The van der Waals surface area contributed by atoms with Gasteiger partial charge in [-0.3, -0.25) is 0 Å². The van der Waals surface area contributed by atoms with E-state index in [1.54, 1.807) is 18.2 Å². The number of oxime groups is 1. The van der Waals surface area contributed by atoms with Crippen molar-refractivity contribution in [2.75, 3.05) is 0 Å². The molecule has 1 aliphatic rings. The van der Waals surface area contributed by atoms with Crippen LogP contribution in [0.15, 0.2) is 50.5 Å². The molecule has 1 atom stereocenters. The third-order valence-electron chi connectivity index (χ3n) is 3.87. The summed E-state index contributed by atoms with van der Waals surface area (Å²) in [6.45, 7) is 1.49. The third-order valence-corrected chi connectivity index (χ3v) is 3.87. The summed E-state index contributed by atoms with van der Waals surface area (Å²) in [5.74, 6) is -3.82. The second-order valence-corrected chi connectivity index (χ2v) is 5.26. The fourth-order valence-corrected chi connectivity index (χ4v) is 2.91. The molecule has 1 aromatic carbocycles. The van der Waals surface area contributed by atoms with E-state index in [4.69, 9.17) is 5.21 Å². The van der Waals surface area contributed by atoms with E-state index < -0.39 is 17.9 Å². The Kier molecular flexibility index (Phi) is 3.93. The van der Waals surface area contributed by atoms with Crippen molar-refractivity contribution >= 4 is 29.2 Å². The van der Waals surface area contributed by atoms with Crippen molar-refractivity contribution in [2.24, 2.45) is 5.16 Å². The Bertz CT molecular complexity index is 971. The first-order valence-electron chi connectivity index (χ1n) is 7.02. The van der Waals surface area contributed by atoms with Crippen LogP contribution in [-0.2, 0) is 9.59 Å². The van der Waals surface area contributed by atoms with Crippen molar-refractivity contribution in [1.82, 2.24) is 15.6 Å². The lowest BCUT2D eigenvalue weighted by Gasteiger charge is -2.28. The van der Waals surface area contributed by atoms with Gasteiger partial charge < -0.3 is 20.7 Å². The number of nitrogens with zero attached hydrogens (tertiary/aromatic N) is 3. The smallest absolute Gasteiger partial charge is 0.334 e. The van der Waals surface area contributed by atoms with E-state index in [2.05, 4.69) is 25.4 Å². The number of benzene rings is 1. The Labute approximate surface area is 139 Å². The van der Waals surface area contributed by atoms with Gasteiger partial charge in [0.05, 0.1) is 29.0 Å². The second-order valence-electron chi connectivity index (χ2n) is 5.26. The summed E-state index contributed by atoms with van der Waals surface area (Å²) in [5, 5.41) is 41.0. The molecule has 2 heterocycles. The number of rotatable bonds is 4. The molecule has 1 aromatic heterocycles. The van der Waals surface area contributed by atoms with Gasteiger partial charge in [0.2, 0.25) is 0 Å². The molecule has 0 fully saturated rings. The third kappa shape index (κ3) is 2.59. The van der Waals surface area contributed by atoms with Crippen molar-refractivity contribution in [3.63, 3.8) is 0 Å². The zero-order valence-corrected chi connectivity index (χ0v) is 12.8. The van der Waals surface area contributed by atoms with Gasteiger partial charge in [0.15, 0.2) is 0 Å². The highest BCUT2D eigenvalue weighted by Crippen LogP contribution is 2.40. The van der Waals surface area contributed by atoms with Gasteiger partial charge in [-0.1, -0.05) is 17.3 Å². The first-order chi connectivity index (χ1) is 12.0. The van der Waals surface area contributed by atoms with Gasteiger partial charge in [-0.2, -0.15) is 0 Å². The van der Waals surface area contributed by atoms with Crippen LogP contribution in [0, 0.1) is 0 Å². The molecule has 10 heteroatoms. The van der Waals surface area contributed by atoms with Crippen LogP contribution in [0.5, 0.6) is 0 Å². The number of aliphatic carboxylic acids is 2. The number of hydrogen-bond donors (Lipinski definition) is 4. The van der Waals surface area contributed by atoms with Gasteiger partial charge in [-0.15, -0.1) is 0 Å². The number of carbonyl (C=O) groups is 2. The average molecular weight is 344 g/mol. The molecule has 25 heavy (non-hydrogen) atoms. The number of aromatic nitrogens is 2. The molecule has 128 valence electrons. The summed E-state index contributed by atoms with van der Waals surface area (Å²) in [6.07, 6.45) is 0.903. The summed E-state index contributed by atoms with van der Waals surface area (Å²) >= 11 is 0. The van der Waals surface area contributed by atoms with Crippen LogP contribution < -0.4 is 5.32 Å². The van der Waals surface area contributed by atoms with Crippen LogP contribution in [0.1, 0.15) is 18.4 Å². The van der Waals surface area contributed by atoms with E-state index in [-0.39, 0.29) is 28.1 Å². The minimum Gasteiger partial charge on any atom is -0.478 e. The van der Waals surface area contributed by atoms with E-state index in [0.29, 0.717) is 11.1 Å². The highest BCUT2D eigenvalue weighted by atomic mass is 16.6. The molecule has 4 N–H and O–H groups in total. The number of carboxylic acids is 2. The minimum atomic E-state index is -1.37. The van der Waals surface area contributed by atoms with Gasteiger partial charge in [0.25, 0.3) is 0 Å². The number of dihydropyridines is 1. The van der Waals surface area contributed by atoms with E-state index in [1.165, 1.54) is 6.92 Å². The second kappa shape index (κ2) is 6.07. The van der Waals surface area contributed by atoms with Crippen molar-refractivity contribution in [2.45, 2.75) is 12.8 Å². The van der Waals surface area contributed by atoms with E-state index in [1.807, 2.05) is 0 Å². The molecule has 2 aromatic rings. The van der Waals surface area contributed by atoms with E-state index in [0.717, 1.165) is 6.21 Å². The summed E-state index contributed by atoms with van der Waals surface area (Å²) in [5.41, 5.74) is 0.639. The Morgan fingerprint density at radius 2 is 1.96 bits per heavy atom. The molecule has 3 rings (SSSR count). The molecule has 0 spiro atoms. The maximum atomic E-state index is 11.9. The average Bonchev–Trinajstić information content (AvgIpc) is 3.02. The van der Waals surface area contributed by atoms with Gasteiger partial charge in [0.1, 0.15) is 11.0 Å². The molecule has 1 aliphatic heterocycles. The minimum absolute atomic E-state index is 0.0315. The summed E-state index contributed by atoms with van der Waals surface area (Å²) < 4.78 is 4.68. The number of allylic oxidation sites excluding steroid dienone is 2. The predicted octanol–water partition coefficient (Wildman–Crippen LogP) is 1.07. The Balaban J connectivity index is 2.36. The SMILES string of the molecule is CC1=C(C(=O)O)C(c2cccc3nonc23)C(C(=O)O)=C(C=NO)N1. The maximum absolute atomic E-state index is 11.9. The largest absolute Gasteiger partial charge is 0.478 e. The van der Waals surface area contributed by atoms with Crippen LogP contribution in [0.25, 0.3) is 11.0 Å². The highest BCUT2D eigenvalue weighted by molar-refractivity contribution is 6.03. The van der Waals surface area contributed by atoms with Crippen LogP contribution in [0.3, 0.4) is 0 Å². The Morgan fingerprint density at radius 3 is 2.60 bits per heavy atom. The van der Waals surface area contributed by atoms with Crippen molar-refractivity contribution in [3.8, 4) is 0 Å². The molecule has 0 radical (unpaired) electrons. The van der Waals surface area contributed by atoms with Gasteiger partial charge >= 0.3 is 11.9 Å². The predicted molar refractivity (Wildman–Crippen MR) is 83.0 cm³/mol. The molecular formula is C15H12N4O6. The quantitative estimate of drug-likeness (QED) is 0.361.